The predicted octanol–water partition coefficient (Wildman–Crippen LogP) is 1.53. The van der Waals surface area contributed by atoms with Gasteiger partial charge in [-0.2, -0.15) is 5.10 Å². The maximum Gasteiger partial charge on any atom is 0.359 e. The Hall–Kier alpha value is -3.16. The number of hydrogen-bond acceptors (Lipinski definition) is 6. The first-order chi connectivity index (χ1) is 13.0. The van der Waals surface area contributed by atoms with Crippen LogP contribution < -0.4 is 15.6 Å². The Morgan fingerprint density at radius 3 is 2.56 bits per heavy atom. The van der Waals surface area contributed by atoms with Crippen LogP contribution in [0.4, 0.5) is 0 Å². The summed E-state index contributed by atoms with van der Waals surface area (Å²) >= 11 is 0. The van der Waals surface area contributed by atoms with E-state index in [0.29, 0.717) is 13.1 Å². The van der Waals surface area contributed by atoms with Crippen molar-refractivity contribution in [3.05, 3.63) is 58.0 Å². The van der Waals surface area contributed by atoms with Gasteiger partial charge in [-0.15, -0.1) is 0 Å². The molecular weight excluding hydrogens is 350 g/mol. The van der Waals surface area contributed by atoms with E-state index in [1.807, 2.05) is 19.1 Å². The third-order valence-corrected chi connectivity index (χ3v) is 3.78. The number of ether oxygens (including phenoxy) is 2. The van der Waals surface area contributed by atoms with Crippen molar-refractivity contribution in [3.8, 4) is 5.75 Å². The summed E-state index contributed by atoms with van der Waals surface area (Å²) in [5.74, 6) is -0.454. The molecule has 0 aliphatic heterocycles. The number of nitrogens with zero attached hydrogens (tertiary/aromatic N) is 2. The van der Waals surface area contributed by atoms with Crippen molar-refractivity contribution < 1.29 is 19.1 Å². The monoisotopic (exact) mass is 373 g/mol. The fourth-order valence-electron chi connectivity index (χ4n) is 2.23. The van der Waals surface area contributed by atoms with Gasteiger partial charge in [-0.3, -0.25) is 9.59 Å². The summed E-state index contributed by atoms with van der Waals surface area (Å²) in [6, 6.07) is 9.80. The molecule has 2 rings (SSSR count). The molecule has 0 fully saturated rings. The molecule has 0 unspecified atom stereocenters. The van der Waals surface area contributed by atoms with Crippen LogP contribution in [0.25, 0.3) is 0 Å². The molecule has 0 radical (unpaired) electrons. The number of aromatic nitrogens is 2. The third-order valence-electron chi connectivity index (χ3n) is 3.78. The van der Waals surface area contributed by atoms with Gasteiger partial charge in [0.2, 0.25) is 0 Å². The molecule has 1 heterocycles. The topological polar surface area (TPSA) is 99.5 Å². The zero-order valence-electron chi connectivity index (χ0n) is 15.4. The van der Waals surface area contributed by atoms with Crippen LogP contribution in [0.5, 0.6) is 5.75 Å². The zero-order valence-corrected chi connectivity index (χ0v) is 15.4. The molecule has 0 aliphatic rings. The molecule has 0 bridgehead atoms. The molecule has 8 heteroatoms. The van der Waals surface area contributed by atoms with Crippen molar-refractivity contribution in [2.24, 2.45) is 0 Å². The highest BCUT2D eigenvalue weighted by atomic mass is 16.5. The molecule has 144 valence electrons. The van der Waals surface area contributed by atoms with Crippen molar-refractivity contribution in [1.29, 1.82) is 0 Å². The zero-order chi connectivity index (χ0) is 19.6. The molecule has 1 aromatic heterocycles. The molecule has 2 aromatic rings. The van der Waals surface area contributed by atoms with Crippen LogP contribution in [0.1, 0.15) is 35.8 Å². The van der Waals surface area contributed by atoms with Crippen molar-refractivity contribution in [2.75, 3.05) is 13.7 Å². The molecule has 1 aromatic carbocycles. The molecule has 0 saturated carbocycles. The highest BCUT2D eigenvalue weighted by Crippen LogP contribution is 2.10. The number of carbonyl (C=O) groups is 2. The Labute approximate surface area is 157 Å². The number of aryl methyl sites for hydroxylation is 1. The molecule has 0 saturated heterocycles. The summed E-state index contributed by atoms with van der Waals surface area (Å²) in [4.78, 5) is 35.6. The minimum Gasteiger partial charge on any atom is -0.497 e. The van der Waals surface area contributed by atoms with Crippen molar-refractivity contribution in [3.63, 3.8) is 0 Å². The Morgan fingerprint density at radius 2 is 1.89 bits per heavy atom. The minimum atomic E-state index is -0.750. The average Bonchev–Trinajstić information content (AvgIpc) is 2.70. The van der Waals surface area contributed by atoms with Crippen molar-refractivity contribution in [2.45, 2.75) is 32.9 Å². The Kier molecular flexibility index (Phi) is 7.54. The first-order valence-electron chi connectivity index (χ1n) is 8.68. The van der Waals surface area contributed by atoms with Crippen LogP contribution in [0, 0.1) is 0 Å². The largest absolute Gasteiger partial charge is 0.497 e. The molecule has 8 nitrogen and oxygen atoms in total. The summed E-state index contributed by atoms with van der Waals surface area (Å²) in [5, 5.41) is 6.64. The number of nitrogens with one attached hydrogen (secondary N) is 1. The number of benzene rings is 1. The second-order valence-electron chi connectivity index (χ2n) is 5.83. The minimum absolute atomic E-state index is 0.00587. The number of esters is 1. The lowest BCUT2D eigenvalue weighted by Gasteiger charge is -2.08. The number of unbranched alkanes of at least 4 members (excludes halogenated alkanes) is 1. The van der Waals surface area contributed by atoms with Gasteiger partial charge in [-0.25, -0.2) is 9.48 Å². The van der Waals surface area contributed by atoms with E-state index in [2.05, 4.69) is 10.4 Å². The van der Waals surface area contributed by atoms with E-state index in [-0.39, 0.29) is 11.3 Å². The Morgan fingerprint density at radius 1 is 1.15 bits per heavy atom. The van der Waals surface area contributed by atoms with Gasteiger partial charge < -0.3 is 14.8 Å². The lowest BCUT2D eigenvalue weighted by molar-refractivity contribution is -0.124. The van der Waals surface area contributed by atoms with Gasteiger partial charge in [-0.05, 0) is 30.2 Å². The quantitative estimate of drug-likeness (QED) is 0.669. The Balaban J connectivity index is 1.83. The lowest BCUT2D eigenvalue weighted by Crippen LogP contribution is -2.29. The van der Waals surface area contributed by atoms with Crippen LogP contribution >= 0.6 is 0 Å². The van der Waals surface area contributed by atoms with E-state index >= 15 is 0 Å². The number of amides is 1. The molecule has 0 aliphatic carbocycles. The molecule has 1 amide bonds. The standard InChI is InChI=1S/C19H23N3O5/c1-3-4-11-22-18(24)10-9-16(21-22)19(25)27-13-17(23)20-12-14-5-7-15(26-2)8-6-14/h5-10H,3-4,11-13H2,1-2H3,(H,20,23). The smallest absolute Gasteiger partial charge is 0.359 e. The van der Waals surface area contributed by atoms with Gasteiger partial charge in [0.05, 0.1) is 7.11 Å². The van der Waals surface area contributed by atoms with Gasteiger partial charge in [0.15, 0.2) is 12.3 Å². The van der Waals surface area contributed by atoms with E-state index in [1.165, 1.54) is 16.8 Å². The summed E-state index contributed by atoms with van der Waals surface area (Å²) < 4.78 is 11.3. The van der Waals surface area contributed by atoms with Crippen LogP contribution in [0.3, 0.4) is 0 Å². The van der Waals surface area contributed by atoms with Gasteiger partial charge in [0.1, 0.15) is 5.75 Å². The highest BCUT2D eigenvalue weighted by molar-refractivity contribution is 5.89. The maximum atomic E-state index is 12.0. The van der Waals surface area contributed by atoms with Crippen molar-refractivity contribution in [1.82, 2.24) is 15.1 Å². The summed E-state index contributed by atoms with van der Waals surface area (Å²) in [5.41, 5.74) is 0.603. The lowest BCUT2D eigenvalue weighted by atomic mass is 10.2. The van der Waals surface area contributed by atoms with Gasteiger partial charge in [0.25, 0.3) is 11.5 Å². The van der Waals surface area contributed by atoms with Crippen LogP contribution in [-0.2, 0) is 22.6 Å². The van der Waals surface area contributed by atoms with Crippen LogP contribution in [0.2, 0.25) is 0 Å². The number of carbonyl (C=O) groups excluding carboxylic acids is 2. The fraction of sp³-hybridized carbons (Fsp3) is 0.368. The number of hydrogen-bond donors (Lipinski definition) is 1. The summed E-state index contributed by atoms with van der Waals surface area (Å²) in [6.07, 6.45) is 1.68. The molecule has 1 N–H and O–H groups in total. The average molecular weight is 373 g/mol. The maximum absolute atomic E-state index is 12.0. The van der Waals surface area contributed by atoms with E-state index in [0.717, 1.165) is 24.2 Å². The fourth-order valence-corrected chi connectivity index (χ4v) is 2.23. The number of rotatable bonds is 9. The molecular formula is C19H23N3O5. The summed E-state index contributed by atoms with van der Waals surface area (Å²) in [6.45, 7) is 2.30. The third kappa shape index (κ3) is 6.25. The molecule has 0 spiro atoms. The van der Waals surface area contributed by atoms with Crippen LogP contribution in [0.15, 0.2) is 41.2 Å². The van der Waals surface area contributed by atoms with E-state index in [4.69, 9.17) is 9.47 Å². The van der Waals surface area contributed by atoms with Gasteiger partial charge in [0, 0.05) is 19.2 Å². The SMILES string of the molecule is CCCCn1nc(C(=O)OCC(=O)NCc2ccc(OC)cc2)ccc1=O. The highest BCUT2D eigenvalue weighted by Gasteiger charge is 2.13. The van der Waals surface area contributed by atoms with Crippen molar-refractivity contribution >= 4 is 11.9 Å². The molecule has 27 heavy (non-hydrogen) atoms. The van der Waals surface area contributed by atoms with Crippen LogP contribution in [-0.4, -0.2) is 35.4 Å². The predicted molar refractivity (Wildman–Crippen MR) is 98.5 cm³/mol. The molecule has 0 atom stereocenters. The van der Waals surface area contributed by atoms with Gasteiger partial charge >= 0.3 is 5.97 Å². The number of methoxy groups -OCH3 is 1. The van der Waals surface area contributed by atoms with Gasteiger partial charge in [-0.1, -0.05) is 25.5 Å². The van der Waals surface area contributed by atoms with E-state index in [9.17, 15) is 14.4 Å². The first kappa shape index (κ1) is 20.2. The second-order valence-corrected chi connectivity index (χ2v) is 5.83. The van der Waals surface area contributed by atoms with E-state index < -0.39 is 18.5 Å². The summed E-state index contributed by atoms with van der Waals surface area (Å²) in [7, 11) is 1.58. The Bertz CT molecular complexity index is 830. The van der Waals surface area contributed by atoms with E-state index in [1.54, 1.807) is 19.2 Å². The second kappa shape index (κ2) is 10.1. The normalized spacial score (nSPS) is 10.3. The first-order valence-corrected chi connectivity index (χ1v) is 8.68.